The Bertz CT molecular complexity index is 794. The van der Waals surface area contributed by atoms with Crippen LogP contribution in [0.15, 0.2) is 42.7 Å². The van der Waals surface area contributed by atoms with Gasteiger partial charge < -0.3 is 15.8 Å². The van der Waals surface area contributed by atoms with Gasteiger partial charge in [0.1, 0.15) is 17.3 Å². The largest absolute Gasteiger partial charge is 0.494 e. The molecule has 2 heterocycles. The first kappa shape index (κ1) is 14.8. The number of aryl methyl sites for hydroxylation is 1. The monoisotopic (exact) mass is 310 g/mol. The van der Waals surface area contributed by atoms with Crippen molar-refractivity contribution in [2.45, 2.75) is 13.5 Å². The molecule has 0 spiro atoms. The molecule has 7 nitrogen and oxygen atoms in total. The SMILES string of the molecule is COc1ccccc1-n1cc(CNc2cc(C)nc(N)n2)cn1. The minimum atomic E-state index is 0.261. The lowest BCUT2D eigenvalue weighted by atomic mass is 10.3. The Labute approximate surface area is 134 Å². The summed E-state index contributed by atoms with van der Waals surface area (Å²) in [6.07, 6.45) is 3.75. The smallest absolute Gasteiger partial charge is 0.222 e. The standard InChI is InChI=1S/C16H18N6O/c1-11-7-15(21-16(17)20-11)18-8-12-9-19-22(10-12)13-5-3-4-6-14(13)23-2/h3-7,9-10H,8H2,1-2H3,(H3,17,18,20,21). The van der Waals surface area contributed by atoms with Crippen LogP contribution in [0.1, 0.15) is 11.3 Å². The van der Waals surface area contributed by atoms with Gasteiger partial charge >= 0.3 is 0 Å². The van der Waals surface area contributed by atoms with Gasteiger partial charge in [-0.25, -0.2) is 9.67 Å². The molecule has 0 unspecified atom stereocenters. The molecule has 118 valence electrons. The molecule has 0 saturated carbocycles. The zero-order chi connectivity index (χ0) is 16.2. The molecule has 3 N–H and O–H groups in total. The van der Waals surface area contributed by atoms with Crippen LogP contribution in [0, 0.1) is 6.92 Å². The second kappa shape index (κ2) is 6.35. The third kappa shape index (κ3) is 3.39. The maximum atomic E-state index is 5.65. The lowest BCUT2D eigenvalue weighted by molar-refractivity contribution is 0.411. The van der Waals surface area contributed by atoms with Gasteiger partial charge in [0.15, 0.2) is 0 Å². The van der Waals surface area contributed by atoms with Crippen molar-refractivity contribution in [3.05, 3.63) is 54.0 Å². The summed E-state index contributed by atoms with van der Waals surface area (Å²) in [5, 5.41) is 7.60. The average Bonchev–Trinajstić information content (AvgIpc) is 3.01. The van der Waals surface area contributed by atoms with Crippen LogP contribution in [-0.4, -0.2) is 26.9 Å². The van der Waals surface area contributed by atoms with Crippen LogP contribution < -0.4 is 15.8 Å². The Morgan fingerprint density at radius 2 is 2.09 bits per heavy atom. The number of nitrogens with zero attached hydrogens (tertiary/aromatic N) is 4. The second-order valence-electron chi connectivity index (χ2n) is 5.07. The van der Waals surface area contributed by atoms with Crippen molar-refractivity contribution in [1.29, 1.82) is 0 Å². The number of nitrogen functional groups attached to an aromatic ring is 1. The van der Waals surface area contributed by atoms with Crippen LogP contribution in [0.2, 0.25) is 0 Å². The highest BCUT2D eigenvalue weighted by molar-refractivity contribution is 5.46. The van der Waals surface area contributed by atoms with Gasteiger partial charge in [-0.1, -0.05) is 12.1 Å². The molecule has 3 aromatic rings. The molecule has 0 aliphatic heterocycles. The van der Waals surface area contributed by atoms with E-state index in [0.29, 0.717) is 12.4 Å². The highest BCUT2D eigenvalue weighted by atomic mass is 16.5. The van der Waals surface area contributed by atoms with E-state index in [2.05, 4.69) is 20.4 Å². The molecule has 7 heteroatoms. The molecule has 0 amide bonds. The van der Waals surface area contributed by atoms with Crippen LogP contribution in [0.3, 0.4) is 0 Å². The highest BCUT2D eigenvalue weighted by Crippen LogP contribution is 2.21. The second-order valence-corrected chi connectivity index (χ2v) is 5.07. The van der Waals surface area contributed by atoms with Crippen LogP contribution in [-0.2, 0) is 6.54 Å². The zero-order valence-electron chi connectivity index (χ0n) is 13.0. The number of benzene rings is 1. The summed E-state index contributed by atoms with van der Waals surface area (Å²) in [7, 11) is 1.65. The number of nitrogens with two attached hydrogens (primary N) is 1. The number of nitrogens with one attached hydrogen (secondary N) is 1. The van der Waals surface area contributed by atoms with Gasteiger partial charge in [-0.3, -0.25) is 0 Å². The van der Waals surface area contributed by atoms with Gasteiger partial charge in [-0.15, -0.1) is 0 Å². The number of anilines is 2. The van der Waals surface area contributed by atoms with E-state index in [9.17, 15) is 0 Å². The molecule has 0 aliphatic carbocycles. The Morgan fingerprint density at radius 1 is 1.26 bits per heavy atom. The fraction of sp³-hybridized carbons (Fsp3) is 0.188. The normalized spacial score (nSPS) is 10.5. The number of rotatable bonds is 5. The molecule has 0 atom stereocenters. The molecular weight excluding hydrogens is 292 g/mol. The molecule has 0 saturated heterocycles. The molecule has 0 radical (unpaired) electrons. The lowest BCUT2D eigenvalue weighted by Gasteiger charge is -2.07. The van der Waals surface area contributed by atoms with Crippen LogP contribution in [0.25, 0.3) is 5.69 Å². The Morgan fingerprint density at radius 3 is 2.87 bits per heavy atom. The summed E-state index contributed by atoms with van der Waals surface area (Å²) < 4.78 is 7.14. The summed E-state index contributed by atoms with van der Waals surface area (Å²) in [6.45, 7) is 2.47. The summed E-state index contributed by atoms with van der Waals surface area (Å²) in [4.78, 5) is 8.20. The van der Waals surface area contributed by atoms with Gasteiger partial charge in [-0.2, -0.15) is 10.1 Å². The first-order valence-corrected chi connectivity index (χ1v) is 7.17. The van der Waals surface area contributed by atoms with Crippen molar-refractivity contribution < 1.29 is 4.74 Å². The predicted octanol–water partition coefficient (Wildman–Crippen LogP) is 2.17. The third-order valence-electron chi connectivity index (χ3n) is 3.31. The third-order valence-corrected chi connectivity index (χ3v) is 3.31. The van der Waals surface area contributed by atoms with E-state index in [4.69, 9.17) is 10.5 Å². The van der Waals surface area contributed by atoms with Gasteiger partial charge in [0, 0.05) is 30.1 Å². The van der Waals surface area contributed by atoms with Crippen LogP contribution in [0.4, 0.5) is 11.8 Å². The van der Waals surface area contributed by atoms with Crippen LogP contribution in [0.5, 0.6) is 5.75 Å². The fourth-order valence-corrected chi connectivity index (χ4v) is 2.28. The summed E-state index contributed by atoms with van der Waals surface area (Å²) in [5.74, 6) is 1.73. The molecule has 2 aromatic heterocycles. The van der Waals surface area contributed by atoms with Crippen molar-refractivity contribution in [1.82, 2.24) is 19.7 Å². The molecule has 0 bridgehead atoms. The number of methoxy groups -OCH3 is 1. The summed E-state index contributed by atoms with van der Waals surface area (Å²) in [6, 6.07) is 9.58. The molecule has 1 aromatic carbocycles. The van der Waals surface area contributed by atoms with E-state index in [0.717, 1.165) is 22.7 Å². The minimum absolute atomic E-state index is 0.261. The predicted molar refractivity (Wildman–Crippen MR) is 88.6 cm³/mol. The first-order chi connectivity index (χ1) is 11.2. The molecular formula is C16H18N6O. The van der Waals surface area contributed by atoms with Gasteiger partial charge in [-0.05, 0) is 19.1 Å². The fourth-order valence-electron chi connectivity index (χ4n) is 2.28. The number of hydrogen-bond acceptors (Lipinski definition) is 6. The number of aromatic nitrogens is 4. The highest BCUT2D eigenvalue weighted by Gasteiger charge is 2.07. The Balaban J connectivity index is 1.75. The van der Waals surface area contributed by atoms with Gasteiger partial charge in [0.2, 0.25) is 5.95 Å². The maximum absolute atomic E-state index is 5.65. The number of ether oxygens (including phenoxy) is 1. The average molecular weight is 310 g/mol. The zero-order valence-corrected chi connectivity index (χ0v) is 13.0. The van der Waals surface area contributed by atoms with E-state index in [1.807, 2.05) is 43.5 Å². The maximum Gasteiger partial charge on any atom is 0.222 e. The van der Waals surface area contributed by atoms with E-state index in [1.165, 1.54) is 0 Å². The van der Waals surface area contributed by atoms with Crippen molar-refractivity contribution >= 4 is 11.8 Å². The summed E-state index contributed by atoms with van der Waals surface area (Å²) in [5.41, 5.74) is 8.38. The Kier molecular flexibility index (Phi) is 4.09. The first-order valence-electron chi connectivity index (χ1n) is 7.17. The minimum Gasteiger partial charge on any atom is -0.494 e. The van der Waals surface area contributed by atoms with E-state index < -0.39 is 0 Å². The molecule has 0 fully saturated rings. The van der Waals surface area contributed by atoms with E-state index in [-0.39, 0.29) is 5.95 Å². The van der Waals surface area contributed by atoms with Crippen LogP contribution >= 0.6 is 0 Å². The van der Waals surface area contributed by atoms with E-state index in [1.54, 1.807) is 18.0 Å². The van der Waals surface area contributed by atoms with Crippen molar-refractivity contribution in [3.8, 4) is 11.4 Å². The lowest BCUT2D eigenvalue weighted by Crippen LogP contribution is -2.05. The Hall–Kier alpha value is -3.09. The van der Waals surface area contributed by atoms with Crippen molar-refractivity contribution in [2.24, 2.45) is 0 Å². The number of para-hydroxylation sites is 2. The number of hydrogen-bond donors (Lipinski definition) is 2. The quantitative estimate of drug-likeness (QED) is 0.750. The van der Waals surface area contributed by atoms with Crippen molar-refractivity contribution in [2.75, 3.05) is 18.2 Å². The molecule has 23 heavy (non-hydrogen) atoms. The van der Waals surface area contributed by atoms with Crippen molar-refractivity contribution in [3.63, 3.8) is 0 Å². The summed E-state index contributed by atoms with van der Waals surface area (Å²) >= 11 is 0. The van der Waals surface area contributed by atoms with E-state index >= 15 is 0 Å². The molecule has 3 rings (SSSR count). The molecule has 0 aliphatic rings. The van der Waals surface area contributed by atoms with Gasteiger partial charge in [0.05, 0.1) is 13.3 Å². The van der Waals surface area contributed by atoms with Gasteiger partial charge in [0.25, 0.3) is 0 Å². The topological polar surface area (TPSA) is 90.9 Å².